The molecule has 0 aliphatic carbocycles. The number of hydrogen-bond donors (Lipinski definition) is 2. The zero-order valence-corrected chi connectivity index (χ0v) is 11.1. The Morgan fingerprint density at radius 3 is 2.90 bits per heavy atom. The summed E-state index contributed by atoms with van der Waals surface area (Å²) >= 11 is 0. The summed E-state index contributed by atoms with van der Waals surface area (Å²) in [5.41, 5.74) is 6.12. The molecule has 0 aliphatic rings. The van der Waals surface area contributed by atoms with Gasteiger partial charge in [0.05, 0.1) is 4.92 Å². The maximum atomic E-state index is 10.7. The van der Waals surface area contributed by atoms with Crippen LogP contribution in [0.2, 0.25) is 0 Å². The first kappa shape index (κ1) is 14.1. The predicted octanol–water partition coefficient (Wildman–Crippen LogP) is 2.05. The summed E-state index contributed by atoms with van der Waals surface area (Å²) in [6.07, 6.45) is 3.87. The van der Waals surface area contributed by atoms with Crippen molar-refractivity contribution < 1.29 is 4.92 Å². The van der Waals surface area contributed by atoms with Gasteiger partial charge in [0.2, 0.25) is 0 Å². The lowest BCUT2D eigenvalue weighted by Gasteiger charge is -1.96. The first-order valence-electron chi connectivity index (χ1n) is 6.57. The summed E-state index contributed by atoms with van der Waals surface area (Å²) in [7, 11) is 0. The third-order valence-electron chi connectivity index (χ3n) is 2.96. The smallest absolute Gasteiger partial charge is 0.270 e. The molecule has 0 atom stereocenters. The van der Waals surface area contributed by atoms with E-state index < -0.39 is 4.92 Å². The maximum absolute atomic E-state index is 10.7. The van der Waals surface area contributed by atoms with Gasteiger partial charge in [-0.25, -0.2) is 4.98 Å². The molecule has 7 nitrogen and oxygen atoms in total. The minimum Gasteiger partial charge on any atom is -0.330 e. The van der Waals surface area contributed by atoms with Gasteiger partial charge >= 0.3 is 0 Å². The van der Waals surface area contributed by atoms with Crippen LogP contribution in [0, 0.1) is 10.1 Å². The van der Waals surface area contributed by atoms with Crippen LogP contribution in [0.15, 0.2) is 24.3 Å². The lowest BCUT2D eigenvalue weighted by Crippen LogP contribution is -1.98. The number of unbranched alkanes of at least 4 members (excludes halogenated alkanes) is 2. The summed E-state index contributed by atoms with van der Waals surface area (Å²) in [6, 6.07) is 6.31. The number of nitro groups is 1. The van der Waals surface area contributed by atoms with E-state index in [1.807, 2.05) is 0 Å². The van der Waals surface area contributed by atoms with Gasteiger partial charge in [-0.1, -0.05) is 18.6 Å². The standard InChI is InChI=1S/C13H17N5O2/c14-8-3-1-2-7-12-15-13(17-16-12)10-5-4-6-11(9-10)18(19)20/h4-6,9H,1-3,7-8,14H2,(H,15,16,17). The molecule has 3 N–H and O–H groups in total. The van der Waals surface area contributed by atoms with Crippen LogP contribution in [-0.4, -0.2) is 26.6 Å². The number of nitro benzene ring substituents is 1. The topological polar surface area (TPSA) is 111 Å². The average Bonchev–Trinajstić information content (AvgIpc) is 2.92. The highest BCUT2D eigenvalue weighted by atomic mass is 16.6. The molecule has 106 valence electrons. The number of nitrogens with two attached hydrogens (primary N) is 1. The van der Waals surface area contributed by atoms with Gasteiger partial charge in [0.25, 0.3) is 5.69 Å². The Morgan fingerprint density at radius 2 is 2.15 bits per heavy atom. The van der Waals surface area contributed by atoms with E-state index in [-0.39, 0.29) is 5.69 Å². The van der Waals surface area contributed by atoms with Crippen LogP contribution >= 0.6 is 0 Å². The van der Waals surface area contributed by atoms with Crippen LogP contribution in [0.3, 0.4) is 0 Å². The molecule has 7 heteroatoms. The van der Waals surface area contributed by atoms with Crippen molar-refractivity contribution in [1.82, 2.24) is 15.2 Å². The molecule has 0 saturated heterocycles. The average molecular weight is 275 g/mol. The quantitative estimate of drug-likeness (QED) is 0.456. The number of nitrogens with zero attached hydrogens (tertiary/aromatic N) is 3. The minimum absolute atomic E-state index is 0.0387. The van der Waals surface area contributed by atoms with Crippen LogP contribution in [0.1, 0.15) is 25.1 Å². The Hall–Kier alpha value is -2.28. The maximum Gasteiger partial charge on any atom is 0.270 e. The van der Waals surface area contributed by atoms with Crippen LogP contribution in [0.4, 0.5) is 5.69 Å². The van der Waals surface area contributed by atoms with Crippen molar-refractivity contribution in [3.63, 3.8) is 0 Å². The Labute approximate surface area is 116 Å². The normalized spacial score (nSPS) is 10.7. The zero-order chi connectivity index (χ0) is 14.4. The second-order valence-corrected chi connectivity index (χ2v) is 4.51. The number of hydrogen-bond acceptors (Lipinski definition) is 5. The third kappa shape index (κ3) is 3.61. The van der Waals surface area contributed by atoms with Crippen LogP contribution < -0.4 is 5.73 Å². The van der Waals surface area contributed by atoms with Gasteiger partial charge in [0.1, 0.15) is 5.82 Å². The fourth-order valence-corrected chi connectivity index (χ4v) is 1.91. The SMILES string of the molecule is NCCCCCc1nc(-c2cccc([N+](=O)[O-])c2)n[nH]1. The van der Waals surface area contributed by atoms with Crippen molar-refractivity contribution in [2.24, 2.45) is 5.73 Å². The van der Waals surface area contributed by atoms with E-state index >= 15 is 0 Å². The Balaban J connectivity index is 2.04. The van der Waals surface area contributed by atoms with E-state index in [9.17, 15) is 10.1 Å². The fourth-order valence-electron chi connectivity index (χ4n) is 1.91. The minimum atomic E-state index is -0.427. The Morgan fingerprint density at radius 1 is 1.30 bits per heavy atom. The first-order chi connectivity index (χ1) is 9.70. The lowest BCUT2D eigenvalue weighted by molar-refractivity contribution is -0.384. The van der Waals surface area contributed by atoms with E-state index in [0.29, 0.717) is 17.9 Å². The van der Waals surface area contributed by atoms with Gasteiger partial charge < -0.3 is 5.73 Å². The molecule has 0 spiro atoms. The van der Waals surface area contributed by atoms with Crippen LogP contribution in [0.5, 0.6) is 0 Å². The molecule has 2 aromatic rings. The first-order valence-corrected chi connectivity index (χ1v) is 6.57. The van der Waals surface area contributed by atoms with Crippen molar-refractivity contribution in [3.8, 4) is 11.4 Å². The monoisotopic (exact) mass is 275 g/mol. The highest BCUT2D eigenvalue weighted by Gasteiger charge is 2.10. The Bertz CT molecular complexity index is 582. The van der Waals surface area contributed by atoms with E-state index in [4.69, 9.17) is 5.73 Å². The van der Waals surface area contributed by atoms with Crippen molar-refractivity contribution >= 4 is 5.69 Å². The second-order valence-electron chi connectivity index (χ2n) is 4.51. The lowest BCUT2D eigenvalue weighted by atomic mass is 10.2. The fraction of sp³-hybridized carbons (Fsp3) is 0.385. The molecule has 0 radical (unpaired) electrons. The van der Waals surface area contributed by atoms with Gasteiger partial charge in [-0.2, -0.15) is 5.10 Å². The number of non-ortho nitro benzene ring substituents is 1. The van der Waals surface area contributed by atoms with Crippen molar-refractivity contribution in [2.45, 2.75) is 25.7 Å². The number of nitrogens with one attached hydrogen (secondary N) is 1. The molecular formula is C13H17N5O2. The molecule has 0 aliphatic heterocycles. The number of aromatic amines is 1. The predicted molar refractivity (Wildman–Crippen MR) is 75.1 cm³/mol. The summed E-state index contributed by atoms with van der Waals surface area (Å²) in [5, 5.41) is 17.7. The highest BCUT2D eigenvalue weighted by Crippen LogP contribution is 2.20. The largest absolute Gasteiger partial charge is 0.330 e. The number of rotatable bonds is 7. The van der Waals surface area contributed by atoms with E-state index in [1.54, 1.807) is 12.1 Å². The van der Waals surface area contributed by atoms with Gasteiger partial charge in [0.15, 0.2) is 5.82 Å². The van der Waals surface area contributed by atoms with Crippen LogP contribution in [-0.2, 0) is 6.42 Å². The van der Waals surface area contributed by atoms with Gasteiger partial charge in [0, 0.05) is 24.1 Å². The number of benzene rings is 1. The summed E-state index contributed by atoms with van der Waals surface area (Å²) < 4.78 is 0. The molecule has 20 heavy (non-hydrogen) atoms. The molecule has 0 saturated carbocycles. The molecule has 1 aromatic heterocycles. The molecule has 1 aromatic carbocycles. The van der Waals surface area contributed by atoms with Gasteiger partial charge in [-0.05, 0) is 19.4 Å². The van der Waals surface area contributed by atoms with Crippen molar-refractivity contribution in [1.29, 1.82) is 0 Å². The summed E-state index contributed by atoms with van der Waals surface area (Å²) in [5.74, 6) is 1.28. The molecule has 0 amide bonds. The number of aryl methyl sites for hydroxylation is 1. The van der Waals surface area contributed by atoms with E-state index in [0.717, 1.165) is 31.5 Å². The zero-order valence-electron chi connectivity index (χ0n) is 11.1. The van der Waals surface area contributed by atoms with Crippen LogP contribution in [0.25, 0.3) is 11.4 Å². The number of H-pyrrole nitrogens is 1. The van der Waals surface area contributed by atoms with Crippen molar-refractivity contribution in [3.05, 3.63) is 40.2 Å². The van der Waals surface area contributed by atoms with Crippen molar-refractivity contribution in [2.75, 3.05) is 6.54 Å². The molecule has 2 rings (SSSR count). The molecular weight excluding hydrogens is 258 g/mol. The second kappa shape index (κ2) is 6.76. The summed E-state index contributed by atoms with van der Waals surface area (Å²) in [6.45, 7) is 0.704. The van der Waals surface area contributed by atoms with E-state index in [1.165, 1.54) is 12.1 Å². The summed E-state index contributed by atoms with van der Waals surface area (Å²) in [4.78, 5) is 14.7. The molecule has 0 fully saturated rings. The number of aromatic nitrogens is 3. The van der Waals surface area contributed by atoms with Gasteiger partial charge in [-0.3, -0.25) is 15.2 Å². The van der Waals surface area contributed by atoms with E-state index in [2.05, 4.69) is 15.2 Å². The molecule has 0 bridgehead atoms. The Kier molecular flexibility index (Phi) is 4.78. The molecule has 0 unspecified atom stereocenters. The van der Waals surface area contributed by atoms with Gasteiger partial charge in [-0.15, -0.1) is 0 Å². The highest BCUT2D eigenvalue weighted by molar-refractivity contribution is 5.58. The third-order valence-corrected chi connectivity index (χ3v) is 2.96. The molecule has 1 heterocycles.